The van der Waals surface area contributed by atoms with Crippen molar-refractivity contribution in [2.24, 2.45) is 0 Å². The molecule has 0 aromatic carbocycles. The van der Waals surface area contributed by atoms with E-state index in [9.17, 15) is 9.59 Å². The van der Waals surface area contributed by atoms with Crippen LogP contribution in [0.3, 0.4) is 0 Å². The summed E-state index contributed by atoms with van der Waals surface area (Å²) in [6, 6.07) is 5.31. The maximum Gasteiger partial charge on any atom is 0.253 e. The molecule has 114 valence electrons. The molecule has 0 saturated carbocycles. The lowest BCUT2D eigenvalue weighted by atomic mass is 9.90. The fraction of sp³-hybridized carbons (Fsp3) is 0.312. The number of fused-ring (bicyclic) bond motifs is 1. The summed E-state index contributed by atoms with van der Waals surface area (Å²) in [7, 11) is 0. The molecular formula is C16H17N3O3. The van der Waals surface area contributed by atoms with Crippen LogP contribution in [-0.2, 0) is 16.8 Å². The first-order chi connectivity index (χ1) is 10.4. The summed E-state index contributed by atoms with van der Waals surface area (Å²) in [5.41, 5.74) is 0.989. The van der Waals surface area contributed by atoms with Crippen LogP contribution in [0.15, 0.2) is 28.8 Å². The van der Waals surface area contributed by atoms with Crippen molar-refractivity contribution >= 4 is 17.5 Å². The molecule has 0 atom stereocenters. The predicted molar refractivity (Wildman–Crippen MR) is 80.5 cm³/mol. The molecule has 3 rings (SSSR count). The molecule has 6 heteroatoms. The Labute approximate surface area is 127 Å². The lowest BCUT2D eigenvalue weighted by Gasteiger charge is -2.13. The predicted octanol–water partition coefficient (Wildman–Crippen LogP) is 2.14. The van der Waals surface area contributed by atoms with Crippen LogP contribution in [0.1, 0.15) is 41.4 Å². The van der Waals surface area contributed by atoms with Gasteiger partial charge in [0.2, 0.25) is 5.91 Å². The van der Waals surface area contributed by atoms with Crippen molar-refractivity contribution in [2.45, 2.75) is 32.7 Å². The second-order valence-corrected chi connectivity index (χ2v) is 5.89. The van der Waals surface area contributed by atoms with E-state index >= 15 is 0 Å². The molecule has 0 unspecified atom stereocenters. The monoisotopic (exact) mass is 299 g/mol. The van der Waals surface area contributed by atoms with E-state index in [0.29, 0.717) is 29.2 Å². The molecule has 0 saturated heterocycles. The summed E-state index contributed by atoms with van der Waals surface area (Å²) < 4.78 is 5.40. The number of carbonyl (C=O) groups excluding carboxylic acids is 2. The molecule has 1 aliphatic heterocycles. The van der Waals surface area contributed by atoms with Gasteiger partial charge in [-0.1, -0.05) is 0 Å². The van der Waals surface area contributed by atoms with Gasteiger partial charge < -0.3 is 15.1 Å². The lowest BCUT2D eigenvalue weighted by molar-refractivity contribution is -0.119. The van der Waals surface area contributed by atoms with Crippen molar-refractivity contribution in [3.05, 3.63) is 47.2 Å². The molecule has 2 aromatic rings. The fourth-order valence-corrected chi connectivity index (χ4v) is 2.42. The number of furan rings is 1. The maximum atomic E-state index is 12.2. The zero-order valence-electron chi connectivity index (χ0n) is 12.7. The van der Waals surface area contributed by atoms with Gasteiger partial charge in [-0.15, -0.1) is 0 Å². The Morgan fingerprint density at radius 2 is 2.18 bits per heavy atom. The molecule has 22 heavy (non-hydrogen) atoms. The van der Waals surface area contributed by atoms with Gasteiger partial charge in [0.15, 0.2) is 0 Å². The number of hydrogen-bond acceptors (Lipinski definition) is 4. The van der Waals surface area contributed by atoms with Crippen molar-refractivity contribution in [3.63, 3.8) is 0 Å². The number of rotatable bonds is 3. The smallest absolute Gasteiger partial charge is 0.253 e. The van der Waals surface area contributed by atoms with E-state index in [1.807, 2.05) is 19.1 Å². The standard InChI is InChI=1S/C16H17N3O3/c1-9-4-5-11(22-9)8-18-14(20)10-6-12-13(17-7-10)16(2,3)15(21)19-12/h4-7H,8H2,1-3H3,(H,18,20)(H,19,21). The molecule has 3 heterocycles. The van der Waals surface area contributed by atoms with Gasteiger partial charge in [-0.25, -0.2) is 0 Å². The number of anilines is 1. The molecule has 0 radical (unpaired) electrons. The first-order valence-electron chi connectivity index (χ1n) is 7.03. The summed E-state index contributed by atoms with van der Waals surface area (Å²) in [5, 5.41) is 5.53. The molecule has 0 bridgehead atoms. The zero-order valence-corrected chi connectivity index (χ0v) is 12.7. The van der Waals surface area contributed by atoms with Gasteiger partial charge in [-0.2, -0.15) is 0 Å². The molecule has 2 amide bonds. The molecule has 0 fully saturated rings. The van der Waals surface area contributed by atoms with Crippen molar-refractivity contribution in [1.29, 1.82) is 0 Å². The third-order valence-corrected chi connectivity index (χ3v) is 3.78. The van der Waals surface area contributed by atoms with Crippen molar-refractivity contribution in [3.8, 4) is 0 Å². The number of aryl methyl sites for hydroxylation is 1. The SMILES string of the molecule is Cc1ccc(CNC(=O)c2cnc3c(c2)NC(=O)C3(C)C)o1. The minimum absolute atomic E-state index is 0.112. The number of aromatic nitrogens is 1. The second kappa shape index (κ2) is 4.98. The minimum Gasteiger partial charge on any atom is -0.465 e. The van der Waals surface area contributed by atoms with E-state index < -0.39 is 5.41 Å². The minimum atomic E-state index is -0.671. The van der Waals surface area contributed by atoms with Gasteiger partial charge >= 0.3 is 0 Å². The van der Waals surface area contributed by atoms with E-state index in [1.54, 1.807) is 19.9 Å². The summed E-state index contributed by atoms with van der Waals surface area (Å²) >= 11 is 0. The van der Waals surface area contributed by atoms with E-state index in [4.69, 9.17) is 4.42 Å². The number of pyridine rings is 1. The van der Waals surface area contributed by atoms with E-state index in [1.165, 1.54) is 6.20 Å². The summed E-state index contributed by atoms with van der Waals surface area (Å²) in [4.78, 5) is 28.3. The number of nitrogens with zero attached hydrogens (tertiary/aromatic N) is 1. The Balaban J connectivity index is 1.75. The van der Waals surface area contributed by atoms with Crippen LogP contribution in [-0.4, -0.2) is 16.8 Å². The van der Waals surface area contributed by atoms with Crippen LogP contribution in [0, 0.1) is 6.92 Å². The summed E-state index contributed by atoms with van der Waals surface area (Å²) in [6.45, 7) is 5.77. The number of amides is 2. The normalized spacial score (nSPS) is 15.3. The Morgan fingerprint density at radius 3 is 2.86 bits per heavy atom. The van der Waals surface area contributed by atoms with Gasteiger partial charge in [-0.3, -0.25) is 14.6 Å². The van der Waals surface area contributed by atoms with Crippen LogP contribution in [0.25, 0.3) is 0 Å². The Hall–Kier alpha value is -2.63. The van der Waals surface area contributed by atoms with Crippen LogP contribution in [0.5, 0.6) is 0 Å². The Morgan fingerprint density at radius 1 is 1.41 bits per heavy atom. The second-order valence-electron chi connectivity index (χ2n) is 5.89. The highest BCUT2D eigenvalue weighted by Gasteiger charge is 2.40. The van der Waals surface area contributed by atoms with Gasteiger partial charge in [0.1, 0.15) is 11.5 Å². The molecule has 0 spiro atoms. The largest absolute Gasteiger partial charge is 0.465 e. The molecule has 6 nitrogen and oxygen atoms in total. The van der Waals surface area contributed by atoms with Crippen molar-refractivity contribution in [2.75, 3.05) is 5.32 Å². The highest BCUT2D eigenvalue weighted by molar-refractivity contribution is 6.06. The van der Waals surface area contributed by atoms with E-state index in [2.05, 4.69) is 15.6 Å². The number of hydrogen-bond donors (Lipinski definition) is 2. The zero-order chi connectivity index (χ0) is 15.9. The topological polar surface area (TPSA) is 84.2 Å². The molecule has 2 aromatic heterocycles. The van der Waals surface area contributed by atoms with Crippen LogP contribution in [0.2, 0.25) is 0 Å². The van der Waals surface area contributed by atoms with Crippen molar-refractivity contribution < 1.29 is 14.0 Å². The van der Waals surface area contributed by atoms with Crippen LogP contribution < -0.4 is 10.6 Å². The third kappa shape index (κ3) is 2.36. The number of carbonyl (C=O) groups is 2. The van der Waals surface area contributed by atoms with Gasteiger partial charge in [0.25, 0.3) is 5.91 Å². The molecule has 2 N–H and O–H groups in total. The highest BCUT2D eigenvalue weighted by atomic mass is 16.3. The lowest BCUT2D eigenvalue weighted by Crippen LogP contribution is -2.27. The van der Waals surface area contributed by atoms with Gasteiger partial charge in [-0.05, 0) is 39.0 Å². The maximum absolute atomic E-state index is 12.2. The number of nitrogens with one attached hydrogen (secondary N) is 2. The van der Waals surface area contributed by atoms with E-state index in [0.717, 1.165) is 5.76 Å². The quantitative estimate of drug-likeness (QED) is 0.909. The van der Waals surface area contributed by atoms with Crippen LogP contribution >= 0.6 is 0 Å². The molecule has 1 aliphatic rings. The van der Waals surface area contributed by atoms with Crippen LogP contribution in [0.4, 0.5) is 5.69 Å². The fourth-order valence-electron chi connectivity index (χ4n) is 2.42. The Bertz CT molecular complexity index is 762. The average molecular weight is 299 g/mol. The third-order valence-electron chi connectivity index (χ3n) is 3.78. The highest BCUT2D eigenvalue weighted by Crippen LogP contribution is 2.35. The first kappa shape index (κ1) is 14.3. The molecule has 0 aliphatic carbocycles. The van der Waals surface area contributed by atoms with Crippen molar-refractivity contribution in [1.82, 2.24) is 10.3 Å². The van der Waals surface area contributed by atoms with Gasteiger partial charge in [0.05, 0.1) is 28.9 Å². The first-order valence-corrected chi connectivity index (χ1v) is 7.03. The Kier molecular flexibility index (Phi) is 3.24. The summed E-state index contributed by atoms with van der Waals surface area (Å²) in [6.07, 6.45) is 1.49. The summed E-state index contributed by atoms with van der Waals surface area (Å²) in [5.74, 6) is 1.12. The van der Waals surface area contributed by atoms with E-state index in [-0.39, 0.29) is 11.8 Å². The average Bonchev–Trinajstić information content (AvgIpc) is 2.98. The molecular weight excluding hydrogens is 282 g/mol. The van der Waals surface area contributed by atoms with Gasteiger partial charge in [0, 0.05) is 6.20 Å².